The minimum absolute atomic E-state index is 0.886. The fraction of sp³-hybridized carbons (Fsp3) is 0.692. The molecule has 0 aromatic carbocycles. The van der Waals surface area contributed by atoms with Gasteiger partial charge in [-0.15, -0.1) is 11.3 Å². The molecule has 102 valence electrons. The van der Waals surface area contributed by atoms with Crippen LogP contribution in [0.1, 0.15) is 11.3 Å². The number of halogens is 1. The summed E-state index contributed by atoms with van der Waals surface area (Å²) in [5.74, 6) is 0. The van der Waals surface area contributed by atoms with Gasteiger partial charge in [0.05, 0.1) is 4.34 Å². The third-order valence-electron chi connectivity index (χ3n) is 3.29. The molecular formula is C13H22ClN3S. The Balaban J connectivity index is 1.69. The normalized spacial score (nSPS) is 18.2. The SMILES string of the molecule is CN(CCN1CCCNCC1)Cc1ccc(Cl)s1. The summed E-state index contributed by atoms with van der Waals surface area (Å²) in [4.78, 5) is 6.28. The third-order valence-corrected chi connectivity index (χ3v) is 4.50. The first kappa shape index (κ1) is 14.3. The number of hydrogen-bond donors (Lipinski definition) is 1. The zero-order valence-corrected chi connectivity index (χ0v) is 12.6. The molecule has 2 rings (SSSR count). The molecule has 0 atom stereocenters. The van der Waals surface area contributed by atoms with Gasteiger partial charge < -0.3 is 15.1 Å². The zero-order chi connectivity index (χ0) is 12.8. The average molecular weight is 288 g/mol. The Morgan fingerprint density at radius 3 is 3.06 bits per heavy atom. The van der Waals surface area contributed by atoms with Crippen LogP contribution in [0.3, 0.4) is 0 Å². The van der Waals surface area contributed by atoms with Crippen LogP contribution in [0.25, 0.3) is 0 Å². The van der Waals surface area contributed by atoms with Crippen molar-refractivity contribution in [2.45, 2.75) is 13.0 Å². The van der Waals surface area contributed by atoms with Crippen molar-refractivity contribution < 1.29 is 0 Å². The molecule has 1 fully saturated rings. The number of nitrogens with zero attached hydrogens (tertiary/aromatic N) is 2. The molecule has 0 aliphatic carbocycles. The van der Waals surface area contributed by atoms with Gasteiger partial charge in [0.2, 0.25) is 0 Å². The lowest BCUT2D eigenvalue weighted by molar-refractivity contribution is 0.232. The highest BCUT2D eigenvalue weighted by Crippen LogP contribution is 2.22. The molecule has 0 amide bonds. The van der Waals surface area contributed by atoms with Gasteiger partial charge in [0.1, 0.15) is 0 Å². The van der Waals surface area contributed by atoms with E-state index in [9.17, 15) is 0 Å². The van der Waals surface area contributed by atoms with Crippen molar-refractivity contribution in [2.75, 3.05) is 46.3 Å². The van der Waals surface area contributed by atoms with E-state index >= 15 is 0 Å². The van der Waals surface area contributed by atoms with Crippen LogP contribution in [0.4, 0.5) is 0 Å². The lowest BCUT2D eigenvalue weighted by Gasteiger charge is -2.23. The number of thiophene rings is 1. The van der Waals surface area contributed by atoms with Crippen LogP contribution < -0.4 is 5.32 Å². The van der Waals surface area contributed by atoms with Crippen molar-refractivity contribution in [3.63, 3.8) is 0 Å². The predicted molar refractivity (Wildman–Crippen MR) is 79.6 cm³/mol. The maximum Gasteiger partial charge on any atom is 0.0931 e. The number of hydrogen-bond acceptors (Lipinski definition) is 4. The molecule has 2 heterocycles. The van der Waals surface area contributed by atoms with E-state index in [1.807, 2.05) is 6.07 Å². The van der Waals surface area contributed by atoms with Gasteiger partial charge in [-0.25, -0.2) is 0 Å². The highest BCUT2D eigenvalue weighted by molar-refractivity contribution is 7.16. The first-order valence-electron chi connectivity index (χ1n) is 6.60. The fourth-order valence-corrected chi connectivity index (χ4v) is 3.39. The second-order valence-electron chi connectivity index (χ2n) is 4.89. The standard InChI is InChI=1S/C13H22ClN3S/c1-16(11-12-3-4-13(14)18-12)9-10-17-7-2-5-15-6-8-17/h3-4,15H,2,5-11H2,1H3. The van der Waals surface area contributed by atoms with Crippen LogP contribution in [-0.4, -0.2) is 56.1 Å². The van der Waals surface area contributed by atoms with E-state index in [1.54, 1.807) is 11.3 Å². The molecular weight excluding hydrogens is 266 g/mol. The molecule has 1 aliphatic rings. The lowest BCUT2D eigenvalue weighted by Crippen LogP contribution is -2.35. The van der Waals surface area contributed by atoms with E-state index in [1.165, 1.54) is 30.9 Å². The molecule has 1 aromatic heterocycles. The largest absolute Gasteiger partial charge is 0.315 e. The van der Waals surface area contributed by atoms with E-state index < -0.39 is 0 Å². The average Bonchev–Trinajstić information content (AvgIpc) is 2.62. The molecule has 0 saturated carbocycles. The van der Waals surface area contributed by atoms with Crippen molar-refractivity contribution in [3.8, 4) is 0 Å². The molecule has 0 unspecified atom stereocenters. The quantitative estimate of drug-likeness (QED) is 0.895. The Bertz CT molecular complexity index is 348. The van der Waals surface area contributed by atoms with Gasteiger partial charge in [-0.1, -0.05) is 11.6 Å². The molecule has 5 heteroatoms. The minimum atomic E-state index is 0.886. The second kappa shape index (κ2) is 7.46. The summed E-state index contributed by atoms with van der Waals surface area (Å²) >= 11 is 7.63. The summed E-state index contributed by atoms with van der Waals surface area (Å²) in [6.45, 7) is 7.99. The highest BCUT2D eigenvalue weighted by Gasteiger charge is 2.09. The first-order chi connectivity index (χ1) is 8.74. The van der Waals surface area contributed by atoms with Crippen LogP contribution >= 0.6 is 22.9 Å². The van der Waals surface area contributed by atoms with Gasteiger partial charge in [0, 0.05) is 37.6 Å². The number of nitrogens with one attached hydrogen (secondary N) is 1. The topological polar surface area (TPSA) is 18.5 Å². The van der Waals surface area contributed by atoms with Gasteiger partial charge in [-0.2, -0.15) is 0 Å². The van der Waals surface area contributed by atoms with Crippen molar-refractivity contribution in [1.82, 2.24) is 15.1 Å². The zero-order valence-electron chi connectivity index (χ0n) is 11.0. The van der Waals surface area contributed by atoms with Gasteiger partial charge in [-0.05, 0) is 38.7 Å². The Labute approximate surface area is 119 Å². The molecule has 1 N–H and O–H groups in total. The molecule has 0 radical (unpaired) electrons. The van der Waals surface area contributed by atoms with E-state index in [0.29, 0.717) is 0 Å². The van der Waals surface area contributed by atoms with Crippen LogP contribution in [0.15, 0.2) is 12.1 Å². The van der Waals surface area contributed by atoms with Crippen molar-refractivity contribution in [3.05, 3.63) is 21.3 Å². The van der Waals surface area contributed by atoms with E-state index in [0.717, 1.165) is 30.5 Å². The van der Waals surface area contributed by atoms with Crippen molar-refractivity contribution in [2.24, 2.45) is 0 Å². The first-order valence-corrected chi connectivity index (χ1v) is 7.79. The predicted octanol–water partition coefficient (Wildman–Crippen LogP) is 2.13. The third kappa shape index (κ3) is 4.86. The van der Waals surface area contributed by atoms with Crippen LogP contribution in [0.2, 0.25) is 4.34 Å². The Morgan fingerprint density at radius 1 is 1.39 bits per heavy atom. The summed E-state index contributed by atoms with van der Waals surface area (Å²) in [7, 11) is 2.18. The minimum Gasteiger partial charge on any atom is -0.315 e. The van der Waals surface area contributed by atoms with Crippen molar-refractivity contribution >= 4 is 22.9 Å². The Hall–Kier alpha value is -0.130. The van der Waals surface area contributed by atoms with Crippen molar-refractivity contribution in [1.29, 1.82) is 0 Å². The van der Waals surface area contributed by atoms with Crippen LogP contribution in [0.5, 0.6) is 0 Å². The lowest BCUT2D eigenvalue weighted by atomic mass is 10.3. The summed E-state index contributed by atoms with van der Waals surface area (Å²) in [5, 5.41) is 3.44. The number of likely N-dealkylation sites (N-methyl/N-ethyl adjacent to an activating group) is 1. The summed E-state index contributed by atoms with van der Waals surface area (Å²) in [5.41, 5.74) is 0. The molecule has 18 heavy (non-hydrogen) atoms. The Morgan fingerprint density at radius 2 is 2.28 bits per heavy atom. The number of rotatable bonds is 5. The molecule has 1 aromatic rings. The van der Waals surface area contributed by atoms with Gasteiger partial charge >= 0.3 is 0 Å². The molecule has 1 saturated heterocycles. The Kier molecular flexibility index (Phi) is 5.92. The molecule has 1 aliphatic heterocycles. The van der Waals surface area contributed by atoms with E-state index in [4.69, 9.17) is 11.6 Å². The van der Waals surface area contributed by atoms with E-state index in [-0.39, 0.29) is 0 Å². The fourth-order valence-electron chi connectivity index (χ4n) is 2.22. The second-order valence-corrected chi connectivity index (χ2v) is 6.69. The molecule has 0 bridgehead atoms. The van der Waals surface area contributed by atoms with Gasteiger partial charge in [0.15, 0.2) is 0 Å². The maximum absolute atomic E-state index is 5.95. The van der Waals surface area contributed by atoms with Crippen LogP contribution in [0, 0.1) is 0 Å². The summed E-state index contributed by atoms with van der Waals surface area (Å²) < 4.78 is 0.886. The summed E-state index contributed by atoms with van der Waals surface area (Å²) in [6, 6.07) is 4.11. The smallest absolute Gasteiger partial charge is 0.0931 e. The maximum atomic E-state index is 5.95. The van der Waals surface area contributed by atoms with Gasteiger partial charge in [0.25, 0.3) is 0 Å². The highest BCUT2D eigenvalue weighted by atomic mass is 35.5. The molecule has 3 nitrogen and oxygen atoms in total. The van der Waals surface area contributed by atoms with E-state index in [2.05, 4.69) is 28.2 Å². The summed E-state index contributed by atoms with van der Waals surface area (Å²) in [6.07, 6.45) is 1.27. The van der Waals surface area contributed by atoms with Crippen LogP contribution in [-0.2, 0) is 6.54 Å². The van der Waals surface area contributed by atoms with Gasteiger partial charge in [-0.3, -0.25) is 0 Å². The monoisotopic (exact) mass is 287 g/mol. The molecule has 0 spiro atoms.